The summed E-state index contributed by atoms with van der Waals surface area (Å²) in [6, 6.07) is 0. The molecular weight excluding hydrogens is 224 g/mol. The van der Waals surface area contributed by atoms with Crippen LogP contribution in [0.3, 0.4) is 0 Å². The summed E-state index contributed by atoms with van der Waals surface area (Å²) in [7, 11) is 0. The van der Waals surface area contributed by atoms with Crippen LogP contribution in [0.2, 0.25) is 0 Å². The summed E-state index contributed by atoms with van der Waals surface area (Å²) in [6.45, 7) is 12.7. The van der Waals surface area contributed by atoms with E-state index in [4.69, 9.17) is 0 Å². The number of aromatic nitrogens is 2. The van der Waals surface area contributed by atoms with Crippen molar-refractivity contribution in [3.8, 4) is 0 Å². The predicted molar refractivity (Wildman–Crippen MR) is 77.2 cm³/mol. The summed E-state index contributed by atoms with van der Waals surface area (Å²) >= 11 is 0. The second-order valence-corrected chi connectivity index (χ2v) is 6.58. The van der Waals surface area contributed by atoms with Gasteiger partial charge >= 0.3 is 0 Å². The fourth-order valence-corrected chi connectivity index (χ4v) is 2.18. The molecule has 0 aliphatic carbocycles. The zero-order valence-electron chi connectivity index (χ0n) is 12.8. The standard InChI is InChI=1S/C15H28N2O/c1-7-8-9-12-13(10-11(2)3)16-17(14(12)18)15(4,5)6/h11,16H,7-10H2,1-6H3. The summed E-state index contributed by atoms with van der Waals surface area (Å²) in [5.41, 5.74) is 2.14. The Morgan fingerprint density at radius 2 is 1.89 bits per heavy atom. The van der Waals surface area contributed by atoms with Crippen molar-refractivity contribution in [3.05, 3.63) is 21.6 Å². The number of hydrogen-bond acceptors (Lipinski definition) is 1. The van der Waals surface area contributed by atoms with Gasteiger partial charge in [0.15, 0.2) is 0 Å². The van der Waals surface area contributed by atoms with E-state index in [0.717, 1.165) is 36.9 Å². The number of hydrogen-bond donors (Lipinski definition) is 1. The molecule has 1 N–H and O–H groups in total. The third-order valence-electron chi connectivity index (χ3n) is 3.14. The molecule has 3 heteroatoms. The zero-order chi connectivity index (χ0) is 13.9. The Hall–Kier alpha value is -0.990. The fraction of sp³-hybridized carbons (Fsp3) is 0.800. The van der Waals surface area contributed by atoms with E-state index in [-0.39, 0.29) is 11.1 Å². The van der Waals surface area contributed by atoms with Crippen molar-refractivity contribution < 1.29 is 0 Å². The average Bonchev–Trinajstić information content (AvgIpc) is 2.52. The fourth-order valence-electron chi connectivity index (χ4n) is 2.18. The Morgan fingerprint density at radius 1 is 1.28 bits per heavy atom. The van der Waals surface area contributed by atoms with Gasteiger partial charge in [0, 0.05) is 11.3 Å². The number of nitrogens with zero attached hydrogens (tertiary/aromatic N) is 1. The number of aromatic amines is 1. The van der Waals surface area contributed by atoms with E-state index in [2.05, 4.69) is 46.6 Å². The highest BCUT2D eigenvalue weighted by Gasteiger charge is 2.21. The van der Waals surface area contributed by atoms with Crippen LogP contribution in [0.4, 0.5) is 0 Å². The molecule has 0 saturated heterocycles. The molecule has 0 bridgehead atoms. The first-order valence-corrected chi connectivity index (χ1v) is 7.10. The molecule has 0 atom stereocenters. The van der Waals surface area contributed by atoms with Crippen LogP contribution in [0.15, 0.2) is 4.79 Å². The quantitative estimate of drug-likeness (QED) is 0.856. The third-order valence-corrected chi connectivity index (χ3v) is 3.14. The highest BCUT2D eigenvalue weighted by atomic mass is 16.1. The maximum Gasteiger partial charge on any atom is 0.270 e. The third kappa shape index (κ3) is 3.50. The summed E-state index contributed by atoms with van der Waals surface area (Å²) in [4.78, 5) is 12.5. The second-order valence-electron chi connectivity index (χ2n) is 6.58. The minimum Gasteiger partial charge on any atom is -0.299 e. The Morgan fingerprint density at radius 3 is 2.33 bits per heavy atom. The van der Waals surface area contributed by atoms with Gasteiger partial charge in [-0.2, -0.15) is 0 Å². The SMILES string of the molecule is CCCCc1c(CC(C)C)[nH]n(C(C)(C)C)c1=O. The maximum absolute atomic E-state index is 12.5. The van der Waals surface area contributed by atoms with Crippen molar-refractivity contribution in [1.82, 2.24) is 9.78 Å². The van der Waals surface area contributed by atoms with Crippen LogP contribution in [0.5, 0.6) is 0 Å². The van der Waals surface area contributed by atoms with Crippen molar-refractivity contribution in [1.29, 1.82) is 0 Å². The monoisotopic (exact) mass is 252 g/mol. The van der Waals surface area contributed by atoms with E-state index in [1.54, 1.807) is 4.68 Å². The highest BCUT2D eigenvalue weighted by molar-refractivity contribution is 5.19. The molecule has 104 valence electrons. The molecule has 0 amide bonds. The first kappa shape index (κ1) is 15.1. The second kappa shape index (κ2) is 5.77. The van der Waals surface area contributed by atoms with Crippen LogP contribution in [0.25, 0.3) is 0 Å². The van der Waals surface area contributed by atoms with Crippen molar-refractivity contribution >= 4 is 0 Å². The van der Waals surface area contributed by atoms with Crippen molar-refractivity contribution in [2.24, 2.45) is 5.92 Å². The first-order valence-electron chi connectivity index (χ1n) is 7.10. The molecular formula is C15H28N2O. The molecule has 0 spiro atoms. The Bertz CT molecular complexity index is 432. The maximum atomic E-state index is 12.5. The minimum absolute atomic E-state index is 0.173. The molecule has 0 saturated carbocycles. The van der Waals surface area contributed by atoms with Crippen LogP contribution in [-0.4, -0.2) is 9.78 Å². The van der Waals surface area contributed by atoms with Gasteiger partial charge in [0.2, 0.25) is 0 Å². The van der Waals surface area contributed by atoms with E-state index in [9.17, 15) is 4.79 Å². The minimum atomic E-state index is -0.173. The first-order chi connectivity index (χ1) is 8.27. The molecule has 0 unspecified atom stereocenters. The number of rotatable bonds is 5. The van der Waals surface area contributed by atoms with Gasteiger partial charge in [-0.25, -0.2) is 4.68 Å². The van der Waals surface area contributed by atoms with E-state index in [1.807, 2.05) is 0 Å². The lowest BCUT2D eigenvalue weighted by Crippen LogP contribution is -2.33. The van der Waals surface area contributed by atoms with Gasteiger partial charge in [0.1, 0.15) is 0 Å². The Kier molecular flexibility index (Phi) is 4.83. The van der Waals surface area contributed by atoms with Gasteiger partial charge < -0.3 is 0 Å². The van der Waals surface area contributed by atoms with Crippen LogP contribution < -0.4 is 5.56 Å². The van der Waals surface area contributed by atoms with Gasteiger partial charge in [0.25, 0.3) is 5.56 Å². The smallest absolute Gasteiger partial charge is 0.270 e. The topological polar surface area (TPSA) is 37.8 Å². The van der Waals surface area contributed by atoms with Crippen LogP contribution in [0.1, 0.15) is 65.6 Å². The largest absolute Gasteiger partial charge is 0.299 e. The molecule has 0 radical (unpaired) electrons. The van der Waals surface area contributed by atoms with Crippen LogP contribution >= 0.6 is 0 Å². The molecule has 1 rings (SSSR count). The lowest BCUT2D eigenvalue weighted by Gasteiger charge is -2.19. The predicted octanol–water partition coefficient (Wildman–Crippen LogP) is 3.47. The van der Waals surface area contributed by atoms with Crippen molar-refractivity contribution in [2.45, 2.75) is 72.8 Å². The Balaban J connectivity index is 3.18. The molecule has 0 aliphatic rings. The number of H-pyrrole nitrogens is 1. The molecule has 0 aromatic carbocycles. The van der Waals surface area contributed by atoms with Gasteiger partial charge in [-0.1, -0.05) is 27.2 Å². The molecule has 18 heavy (non-hydrogen) atoms. The lowest BCUT2D eigenvalue weighted by atomic mass is 10.0. The lowest BCUT2D eigenvalue weighted by molar-refractivity contribution is 0.342. The molecule has 3 nitrogen and oxygen atoms in total. The van der Waals surface area contributed by atoms with Gasteiger partial charge in [0.05, 0.1) is 5.54 Å². The van der Waals surface area contributed by atoms with Crippen molar-refractivity contribution in [3.63, 3.8) is 0 Å². The highest BCUT2D eigenvalue weighted by Crippen LogP contribution is 2.16. The van der Waals surface area contributed by atoms with Gasteiger partial charge in [-0.15, -0.1) is 0 Å². The molecule has 1 aromatic rings. The van der Waals surface area contributed by atoms with E-state index < -0.39 is 0 Å². The van der Waals surface area contributed by atoms with E-state index in [1.165, 1.54) is 0 Å². The summed E-state index contributed by atoms with van der Waals surface area (Å²) in [5.74, 6) is 0.567. The molecule has 1 aromatic heterocycles. The summed E-state index contributed by atoms with van der Waals surface area (Å²) in [5, 5.41) is 3.33. The number of unbranched alkanes of at least 4 members (excludes halogenated alkanes) is 1. The molecule has 0 aliphatic heterocycles. The summed E-state index contributed by atoms with van der Waals surface area (Å²) in [6.07, 6.45) is 4.07. The zero-order valence-corrected chi connectivity index (χ0v) is 12.8. The van der Waals surface area contributed by atoms with Gasteiger partial charge in [-0.05, 0) is 46.0 Å². The Labute approximate surface area is 111 Å². The average molecular weight is 252 g/mol. The number of nitrogens with one attached hydrogen (secondary N) is 1. The molecule has 1 heterocycles. The molecule has 0 fully saturated rings. The van der Waals surface area contributed by atoms with Crippen LogP contribution in [0, 0.1) is 5.92 Å². The normalized spacial score (nSPS) is 12.4. The summed E-state index contributed by atoms with van der Waals surface area (Å²) < 4.78 is 1.79. The van der Waals surface area contributed by atoms with Crippen LogP contribution in [-0.2, 0) is 18.4 Å². The van der Waals surface area contributed by atoms with E-state index in [0.29, 0.717) is 5.92 Å². The van der Waals surface area contributed by atoms with Crippen molar-refractivity contribution in [2.75, 3.05) is 0 Å². The van der Waals surface area contributed by atoms with E-state index >= 15 is 0 Å². The van der Waals surface area contributed by atoms with Gasteiger partial charge in [-0.3, -0.25) is 9.89 Å².